The summed E-state index contributed by atoms with van der Waals surface area (Å²) in [7, 11) is 1.68. The highest BCUT2D eigenvalue weighted by atomic mass is 32.1. The van der Waals surface area contributed by atoms with Crippen molar-refractivity contribution in [2.75, 3.05) is 32.1 Å². The molecule has 7 nitrogen and oxygen atoms in total. The van der Waals surface area contributed by atoms with Crippen LogP contribution in [0.2, 0.25) is 0 Å². The van der Waals surface area contributed by atoms with Gasteiger partial charge in [0.15, 0.2) is 5.13 Å². The maximum absolute atomic E-state index is 12.8. The molecule has 1 unspecified atom stereocenters. The van der Waals surface area contributed by atoms with Crippen LogP contribution in [0.5, 0.6) is 5.75 Å². The number of hydrogen-bond acceptors (Lipinski definition) is 6. The molecule has 2 N–H and O–H groups in total. The van der Waals surface area contributed by atoms with Crippen LogP contribution in [0.3, 0.4) is 0 Å². The maximum atomic E-state index is 12.8. The predicted molar refractivity (Wildman–Crippen MR) is 150 cm³/mol. The van der Waals surface area contributed by atoms with E-state index in [-0.39, 0.29) is 11.8 Å². The lowest BCUT2D eigenvalue weighted by Gasteiger charge is -2.22. The van der Waals surface area contributed by atoms with Crippen molar-refractivity contribution >= 4 is 28.3 Å². The Morgan fingerprint density at radius 2 is 1.86 bits per heavy atom. The fraction of sp³-hybridized carbons (Fsp3) is 0.414. The lowest BCUT2D eigenvalue weighted by molar-refractivity contribution is 0.0939. The van der Waals surface area contributed by atoms with E-state index in [0.29, 0.717) is 34.8 Å². The number of hydrogen-bond donors (Lipinski definition) is 2. The van der Waals surface area contributed by atoms with Crippen LogP contribution >= 0.6 is 11.3 Å². The highest BCUT2D eigenvalue weighted by Crippen LogP contribution is 2.38. The van der Waals surface area contributed by atoms with Crippen LogP contribution in [0.4, 0.5) is 5.13 Å². The number of rotatable bonds is 10. The highest BCUT2D eigenvalue weighted by Gasteiger charge is 2.23. The molecule has 0 spiro atoms. The number of amides is 2. The van der Waals surface area contributed by atoms with E-state index in [2.05, 4.69) is 47.4 Å². The van der Waals surface area contributed by atoms with Crippen LogP contribution in [0.1, 0.15) is 72.2 Å². The molecule has 196 valence electrons. The Hall–Kier alpha value is -3.23. The number of likely N-dealkylation sites (tertiary alicyclic amines) is 1. The molecule has 0 aliphatic carbocycles. The van der Waals surface area contributed by atoms with Crippen LogP contribution in [0.25, 0.3) is 11.3 Å². The average Bonchev–Trinajstić information content (AvgIpc) is 3.60. The van der Waals surface area contributed by atoms with Gasteiger partial charge in [-0.25, -0.2) is 4.98 Å². The van der Waals surface area contributed by atoms with Crippen molar-refractivity contribution in [3.63, 3.8) is 0 Å². The molecule has 1 aliphatic heterocycles. The van der Waals surface area contributed by atoms with E-state index in [1.54, 1.807) is 31.4 Å². The lowest BCUT2D eigenvalue weighted by Crippen LogP contribution is -2.40. The van der Waals surface area contributed by atoms with Crippen molar-refractivity contribution in [1.29, 1.82) is 0 Å². The third-order valence-corrected chi connectivity index (χ3v) is 7.96. The normalized spacial score (nSPS) is 16.4. The summed E-state index contributed by atoms with van der Waals surface area (Å²) in [4.78, 5) is 32.5. The largest absolute Gasteiger partial charge is 0.496 e. The van der Waals surface area contributed by atoms with Crippen molar-refractivity contribution in [1.82, 2.24) is 15.2 Å². The molecule has 37 heavy (non-hydrogen) atoms. The Balaban J connectivity index is 1.39. The van der Waals surface area contributed by atoms with Gasteiger partial charge in [0.2, 0.25) is 0 Å². The number of benzene rings is 2. The average molecular weight is 521 g/mol. The van der Waals surface area contributed by atoms with E-state index < -0.39 is 0 Å². The molecule has 4 rings (SSSR count). The second-order valence-electron chi connectivity index (χ2n) is 9.44. The van der Waals surface area contributed by atoms with Gasteiger partial charge in [-0.15, -0.1) is 11.3 Å². The number of nitrogens with zero attached hydrogens (tertiary/aromatic N) is 2. The van der Waals surface area contributed by atoms with Crippen LogP contribution < -0.4 is 15.4 Å². The first-order valence-corrected chi connectivity index (χ1v) is 13.9. The maximum Gasteiger partial charge on any atom is 0.257 e. The molecule has 0 bridgehead atoms. The Bertz CT molecular complexity index is 1220. The van der Waals surface area contributed by atoms with E-state index in [1.807, 2.05) is 17.5 Å². The summed E-state index contributed by atoms with van der Waals surface area (Å²) < 4.78 is 5.74. The van der Waals surface area contributed by atoms with E-state index in [4.69, 9.17) is 4.74 Å². The highest BCUT2D eigenvalue weighted by molar-refractivity contribution is 7.14. The minimum absolute atomic E-state index is 0.118. The first kappa shape index (κ1) is 26.8. The Morgan fingerprint density at radius 1 is 1.14 bits per heavy atom. The molecule has 2 amide bonds. The zero-order valence-electron chi connectivity index (χ0n) is 22.0. The van der Waals surface area contributed by atoms with E-state index in [1.165, 1.54) is 17.8 Å². The van der Waals surface area contributed by atoms with Gasteiger partial charge >= 0.3 is 0 Å². The van der Waals surface area contributed by atoms with Crippen molar-refractivity contribution in [3.05, 3.63) is 64.5 Å². The van der Waals surface area contributed by atoms with Crippen LogP contribution in [-0.4, -0.2) is 54.5 Å². The second-order valence-corrected chi connectivity index (χ2v) is 10.3. The molecule has 2 aromatic carbocycles. The monoisotopic (exact) mass is 520 g/mol. The van der Waals surface area contributed by atoms with Crippen LogP contribution in [0.15, 0.2) is 47.8 Å². The molecule has 8 heteroatoms. The smallest absolute Gasteiger partial charge is 0.257 e. The topological polar surface area (TPSA) is 83.6 Å². The zero-order chi connectivity index (χ0) is 26.4. The fourth-order valence-corrected chi connectivity index (χ4v) is 5.55. The number of para-hydroxylation sites is 1. The van der Waals surface area contributed by atoms with E-state index in [9.17, 15) is 9.59 Å². The number of anilines is 1. The van der Waals surface area contributed by atoms with Gasteiger partial charge in [0.05, 0.1) is 12.8 Å². The second kappa shape index (κ2) is 12.3. The molecule has 0 radical (unpaired) electrons. The predicted octanol–water partition coefficient (Wildman–Crippen LogP) is 5.80. The molecular formula is C29H36N4O3S. The van der Waals surface area contributed by atoms with Crippen molar-refractivity contribution in [3.8, 4) is 17.0 Å². The number of likely N-dealkylation sites (N-methyl/N-ethyl adjacent to an activating group) is 1. The van der Waals surface area contributed by atoms with Crippen molar-refractivity contribution in [2.24, 2.45) is 0 Å². The van der Waals surface area contributed by atoms with Gasteiger partial charge in [-0.1, -0.05) is 32.9 Å². The number of thiazole rings is 1. The summed E-state index contributed by atoms with van der Waals surface area (Å²) in [5.41, 5.74) is 3.83. The summed E-state index contributed by atoms with van der Waals surface area (Å²) in [6.07, 6.45) is 3.30. The molecule has 0 saturated carbocycles. The molecule has 2 heterocycles. The molecule has 1 aliphatic rings. The lowest BCUT2D eigenvalue weighted by atomic mass is 9.95. The van der Waals surface area contributed by atoms with Crippen molar-refractivity contribution < 1.29 is 14.3 Å². The first-order valence-electron chi connectivity index (χ1n) is 13.0. The fourth-order valence-electron chi connectivity index (χ4n) is 4.84. The zero-order valence-corrected chi connectivity index (χ0v) is 22.9. The number of aromatic nitrogens is 1. The quantitative estimate of drug-likeness (QED) is 0.353. The molecular weight excluding hydrogens is 484 g/mol. The number of carbonyl (C=O) groups is 2. The molecule has 1 saturated heterocycles. The number of carbonyl (C=O) groups excluding carboxylic acids is 2. The van der Waals surface area contributed by atoms with Gasteiger partial charge in [0.1, 0.15) is 5.75 Å². The van der Waals surface area contributed by atoms with Gasteiger partial charge < -0.3 is 10.1 Å². The van der Waals surface area contributed by atoms with Gasteiger partial charge in [0, 0.05) is 34.7 Å². The van der Waals surface area contributed by atoms with Crippen LogP contribution in [0, 0.1) is 0 Å². The number of methoxy groups -OCH3 is 1. The van der Waals surface area contributed by atoms with Gasteiger partial charge in [-0.3, -0.25) is 19.8 Å². The standard InChI is InChI=1S/C29H36N4O3S/c1-5-19(3)23-10-7-11-24(26(23)36-4)25-18-37-29(31-25)32-28(35)21-14-12-20(13-15-21)27(34)30-17-22-9-8-16-33(22)6-2/h7,10-15,18-19,22H,5-6,8-9,16-17H2,1-4H3,(H,30,34)(H,31,32,35)/t19?,22-/m0/s1. The molecule has 1 aromatic heterocycles. The minimum Gasteiger partial charge on any atom is -0.496 e. The molecule has 2 atom stereocenters. The summed E-state index contributed by atoms with van der Waals surface area (Å²) in [6.45, 7) is 9.23. The number of ether oxygens (including phenoxy) is 1. The SMILES string of the molecule is CCC(C)c1cccc(-c2csc(NC(=O)c3ccc(C(=O)NC[C@@H]4CCCN4CC)cc3)n2)c1OC. The molecule has 1 fully saturated rings. The third-order valence-electron chi connectivity index (χ3n) is 7.21. The Morgan fingerprint density at radius 3 is 2.54 bits per heavy atom. The van der Waals surface area contributed by atoms with Crippen molar-refractivity contribution in [2.45, 2.75) is 52.0 Å². The summed E-state index contributed by atoms with van der Waals surface area (Å²) >= 11 is 1.37. The van der Waals surface area contributed by atoms with Gasteiger partial charge in [-0.2, -0.15) is 0 Å². The van der Waals surface area contributed by atoms with Gasteiger partial charge in [-0.05, 0) is 74.2 Å². The number of nitrogens with one attached hydrogen (secondary N) is 2. The first-order chi connectivity index (χ1) is 17.9. The minimum atomic E-state index is -0.266. The third kappa shape index (κ3) is 6.19. The summed E-state index contributed by atoms with van der Waals surface area (Å²) in [5, 5.41) is 8.35. The summed E-state index contributed by atoms with van der Waals surface area (Å²) in [5.74, 6) is 0.807. The molecule has 3 aromatic rings. The van der Waals surface area contributed by atoms with Gasteiger partial charge in [0.25, 0.3) is 11.8 Å². The summed E-state index contributed by atoms with van der Waals surface area (Å²) in [6, 6.07) is 13.2. The Labute approximate surface area is 223 Å². The van der Waals surface area contributed by atoms with E-state index in [0.717, 1.165) is 48.5 Å². The Kier molecular flexibility index (Phi) is 8.95. The van der Waals surface area contributed by atoms with Crippen LogP contribution in [-0.2, 0) is 0 Å². The van der Waals surface area contributed by atoms with E-state index >= 15 is 0 Å².